The molecule has 5 rings (SSSR count). The number of hydrogen-bond donors (Lipinski definition) is 1. The number of benzene rings is 3. The van der Waals surface area contributed by atoms with Crippen LogP contribution >= 0.6 is 0 Å². The lowest BCUT2D eigenvalue weighted by Gasteiger charge is -2.44. The lowest BCUT2D eigenvalue weighted by Crippen LogP contribution is -2.46. The van der Waals surface area contributed by atoms with E-state index in [2.05, 4.69) is 0 Å². The van der Waals surface area contributed by atoms with Crippen molar-refractivity contribution in [2.75, 3.05) is 19.1 Å². The van der Waals surface area contributed by atoms with Gasteiger partial charge in [0.15, 0.2) is 5.78 Å². The van der Waals surface area contributed by atoms with E-state index in [1.807, 2.05) is 6.07 Å². The van der Waals surface area contributed by atoms with Crippen molar-refractivity contribution in [2.24, 2.45) is 11.7 Å². The Morgan fingerprint density at radius 1 is 0.925 bits per heavy atom. The van der Waals surface area contributed by atoms with Gasteiger partial charge in [0.05, 0.1) is 31.4 Å². The quantitative estimate of drug-likeness (QED) is 0.367. The molecule has 1 aliphatic carbocycles. The smallest absolute Gasteiger partial charge is 0.338 e. The maximum Gasteiger partial charge on any atom is 0.338 e. The largest absolute Gasteiger partial charge is 0.468 e. The van der Waals surface area contributed by atoms with E-state index in [9.17, 15) is 18.8 Å². The first-order chi connectivity index (χ1) is 19.3. The SMILES string of the molecule is COC(=O)C1=C(N)N(c2cccc(F)c2)C2=C(C(=O)[C@H](C(=O)OC)[C@H](c3ccccc3)C2)[C@H]1c1ccccc1F. The van der Waals surface area contributed by atoms with Crippen LogP contribution in [0.1, 0.15) is 29.4 Å². The fourth-order valence-electron chi connectivity index (χ4n) is 5.68. The van der Waals surface area contributed by atoms with Gasteiger partial charge in [0.1, 0.15) is 23.4 Å². The number of ether oxygens (including phenoxy) is 2. The molecule has 0 radical (unpaired) electrons. The number of halogens is 2. The third-order valence-electron chi connectivity index (χ3n) is 7.41. The third kappa shape index (κ3) is 4.43. The minimum Gasteiger partial charge on any atom is -0.468 e. The Kier molecular flexibility index (Phi) is 7.21. The molecule has 0 saturated heterocycles. The number of Topliss-reactive ketones (excluding diaryl/α,β-unsaturated/α-hetero) is 1. The highest BCUT2D eigenvalue weighted by atomic mass is 19.1. The Balaban J connectivity index is 1.85. The van der Waals surface area contributed by atoms with Crippen molar-refractivity contribution < 1.29 is 32.6 Å². The first-order valence-corrected chi connectivity index (χ1v) is 12.6. The molecule has 1 aliphatic heterocycles. The minimum atomic E-state index is -1.29. The van der Waals surface area contributed by atoms with Crippen LogP contribution in [0.15, 0.2) is 102 Å². The summed E-state index contributed by atoms with van der Waals surface area (Å²) >= 11 is 0. The minimum absolute atomic E-state index is 0.00682. The van der Waals surface area contributed by atoms with Gasteiger partial charge in [-0.15, -0.1) is 0 Å². The van der Waals surface area contributed by atoms with Crippen LogP contribution < -0.4 is 10.6 Å². The number of carbonyl (C=O) groups is 3. The van der Waals surface area contributed by atoms with Crippen molar-refractivity contribution in [1.29, 1.82) is 0 Å². The highest BCUT2D eigenvalue weighted by Crippen LogP contribution is 2.51. The van der Waals surface area contributed by atoms with Gasteiger partial charge < -0.3 is 15.2 Å². The van der Waals surface area contributed by atoms with Crippen LogP contribution in [0.5, 0.6) is 0 Å². The number of allylic oxidation sites excluding steroid dienone is 2. The van der Waals surface area contributed by atoms with Crippen molar-refractivity contribution in [1.82, 2.24) is 0 Å². The zero-order chi connectivity index (χ0) is 28.6. The summed E-state index contributed by atoms with van der Waals surface area (Å²) in [6.45, 7) is 0. The fraction of sp³-hybridized carbons (Fsp3) is 0.194. The second-order valence-corrected chi connectivity index (χ2v) is 9.51. The highest BCUT2D eigenvalue weighted by molar-refractivity contribution is 6.14. The summed E-state index contributed by atoms with van der Waals surface area (Å²) in [5.41, 5.74) is 7.70. The van der Waals surface area contributed by atoms with Crippen LogP contribution in [0.4, 0.5) is 14.5 Å². The van der Waals surface area contributed by atoms with Gasteiger partial charge in [-0.05, 0) is 36.2 Å². The second-order valence-electron chi connectivity index (χ2n) is 9.51. The molecule has 204 valence electrons. The molecular formula is C31H26F2N2O5. The van der Waals surface area contributed by atoms with Crippen LogP contribution in [-0.2, 0) is 23.9 Å². The van der Waals surface area contributed by atoms with Crippen molar-refractivity contribution in [3.63, 3.8) is 0 Å². The molecule has 2 aliphatic rings. The van der Waals surface area contributed by atoms with Crippen LogP contribution in [-0.4, -0.2) is 31.9 Å². The first-order valence-electron chi connectivity index (χ1n) is 12.6. The molecule has 3 atom stereocenters. The van der Waals surface area contributed by atoms with E-state index in [1.165, 1.54) is 48.4 Å². The number of ketones is 1. The fourth-order valence-corrected chi connectivity index (χ4v) is 5.68. The Morgan fingerprint density at radius 3 is 2.27 bits per heavy atom. The van der Waals surface area contributed by atoms with Crippen molar-refractivity contribution in [3.05, 3.63) is 124 Å². The third-order valence-corrected chi connectivity index (χ3v) is 7.41. The number of hydrogen-bond acceptors (Lipinski definition) is 7. The molecule has 2 N–H and O–H groups in total. The second kappa shape index (κ2) is 10.8. The zero-order valence-corrected chi connectivity index (χ0v) is 21.8. The number of nitrogens with two attached hydrogens (primary N) is 1. The normalized spacial score (nSPS) is 20.8. The number of esters is 2. The molecule has 0 saturated carbocycles. The summed E-state index contributed by atoms with van der Waals surface area (Å²) in [4.78, 5) is 42.3. The summed E-state index contributed by atoms with van der Waals surface area (Å²) in [5.74, 6) is -6.95. The number of nitrogens with zero attached hydrogens (tertiary/aromatic N) is 1. The Hall–Kier alpha value is -4.79. The summed E-state index contributed by atoms with van der Waals surface area (Å²) in [7, 11) is 2.33. The van der Waals surface area contributed by atoms with Gasteiger partial charge in [0, 0.05) is 22.8 Å². The van der Waals surface area contributed by atoms with E-state index >= 15 is 4.39 Å². The van der Waals surface area contributed by atoms with Gasteiger partial charge in [0.2, 0.25) is 0 Å². The van der Waals surface area contributed by atoms with E-state index in [-0.39, 0.29) is 34.6 Å². The van der Waals surface area contributed by atoms with Crippen molar-refractivity contribution in [3.8, 4) is 0 Å². The maximum atomic E-state index is 15.4. The predicted molar refractivity (Wildman–Crippen MR) is 143 cm³/mol. The van der Waals surface area contributed by atoms with Gasteiger partial charge in [-0.3, -0.25) is 14.5 Å². The van der Waals surface area contributed by atoms with Gasteiger partial charge in [-0.25, -0.2) is 13.6 Å². The average Bonchev–Trinajstić information content (AvgIpc) is 2.96. The Labute approximate surface area is 229 Å². The molecular weight excluding hydrogens is 518 g/mol. The summed E-state index contributed by atoms with van der Waals surface area (Å²) in [6.07, 6.45) is 0.0848. The van der Waals surface area contributed by atoms with E-state index in [1.54, 1.807) is 36.4 Å². The Bertz CT molecular complexity index is 1570. The Morgan fingerprint density at radius 2 is 1.62 bits per heavy atom. The van der Waals surface area contributed by atoms with Crippen molar-refractivity contribution in [2.45, 2.75) is 18.3 Å². The van der Waals surface area contributed by atoms with Gasteiger partial charge in [0.25, 0.3) is 0 Å². The maximum absolute atomic E-state index is 15.4. The molecule has 40 heavy (non-hydrogen) atoms. The van der Waals surface area contributed by atoms with Crippen LogP contribution in [0, 0.1) is 17.6 Å². The molecule has 0 bridgehead atoms. The first kappa shape index (κ1) is 26.8. The lowest BCUT2D eigenvalue weighted by atomic mass is 9.67. The van der Waals surface area contributed by atoms with E-state index < -0.39 is 47.1 Å². The van der Waals surface area contributed by atoms with E-state index in [4.69, 9.17) is 15.2 Å². The summed E-state index contributed by atoms with van der Waals surface area (Å²) in [6, 6.07) is 20.2. The average molecular weight is 545 g/mol. The van der Waals surface area contributed by atoms with Crippen LogP contribution in [0.2, 0.25) is 0 Å². The molecule has 7 nitrogen and oxygen atoms in total. The summed E-state index contributed by atoms with van der Waals surface area (Å²) in [5, 5.41) is 0. The molecule has 1 heterocycles. The van der Waals surface area contributed by atoms with Crippen LogP contribution in [0.3, 0.4) is 0 Å². The van der Waals surface area contributed by atoms with Crippen LogP contribution in [0.25, 0.3) is 0 Å². The molecule has 3 aromatic carbocycles. The van der Waals surface area contributed by atoms with E-state index in [0.717, 1.165) is 7.11 Å². The highest BCUT2D eigenvalue weighted by Gasteiger charge is 2.51. The van der Waals surface area contributed by atoms with Gasteiger partial charge >= 0.3 is 11.9 Å². The topological polar surface area (TPSA) is 98.9 Å². The standard InChI is InChI=1S/C31H26F2N2O5/c1-39-30(37)25-21(17-9-4-3-5-10-17)16-23-26(28(25)36)24(20-13-6-7-14-22(20)33)27(31(38)40-2)29(34)35(23)19-12-8-11-18(32)15-19/h3-15,21,24-25H,16,34H2,1-2H3/t21-,24+,25+/m0/s1. The molecule has 3 aromatic rings. The molecule has 0 spiro atoms. The van der Waals surface area contributed by atoms with E-state index in [0.29, 0.717) is 11.3 Å². The summed E-state index contributed by atoms with van der Waals surface area (Å²) < 4.78 is 39.9. The van der Waals surface area contributed by atoms with Gasteiger partial charge in [-0.2, -0.15) is 0 Å². The predicted octanol–water partition coefficient (Wildman–Crippen LogP) is 4.71. The molecule has 0 aromatic heterocycles. The van der Waals surface area contributed by atoms with Crippen molar-refractivity contribution >= 4 is 23.4 Å². The molecule has 0 fully saturated rings. The molecule has 0 amide bonds. The molecule has 0 unspecified atom stereocenters. The lowest BCUT2D eigenvalue weighted by molar-refractivity contribution is -0.150. The number of methoxy groups -OCH3 is 2. The number of carbonyl (C=O) groups excluding carboxylic acids is 3. The molecule has 9 heteroatoms. The number of rotatable bonds is 5. The number of anilines is 1. The monoisotopic (exact) mass is 544 g/mol. The zero-order valence-electron chi connectivity index (χ0n) is 21.8. The van der Waals surface area contributed by atoms with Gasteiger partial charge in [-0.1, -0.05) is 54.6 Å².